The predicted molar refractivity (Wildman–Crippen MR) is 82.7 cm³/mol. The van der Waals surface area contributed by atoms with Crippen LogP contribution in [0.3, 0.4) is 0 Å². The SMILES string of the molecule is CN1CCC2(CCCCN2S(=O)(=O)NCC[C@H](N)C(=O)O)C1=O. The molecule has 0 bridgehead atoms. The zero-order valence-electron chi connectivity index (χ0n) is 13.2. The van der Waals surface area contributed by atoms with Gasteiger partial charge in [-0.2, -0.15) is 12.7 Å². The number of nitrogens with two attached hydrogens (primary N) is 1. The molecular formula is C13H24N4O5S. The zero-order chi connectivity index (χ0) is 17.3. The molecule has 23 heavy (non-hydrogen) atoms. The van der Waals surface area contributed by atoms with E-state index < -0.39 is 27.8 Å². The number of aliphatic carboxylic acids is 1. The molecular weight excluding hydrogens is 324 g/mol. The summed E-state index contributed by atoms with van der Waals surface area (Å²) in [5.41, 5.74) is 4.38. The van der Waals surface area contributed by atoms with Crippen molar-refractivity contribution in [1.82, 2.24) is 13.9 Å². The fourth-order valence-corrected chi connectivity index (χ4v) is 4.91. The van der Waals surface area contributed by atoms with Crippen LogP contribution in [-0.2, 0) is 19.8 Å². The highest BCUT2D eigenvalue weighted by molar-refractivity contribution is 7.87. The van der Waals surface area contributed by atoms with Crippen molar-refractivity contribution in [3.63, 3.8) is 0 Å². The molecule has 1 amide bonds. The van der Waals surface area contributed by atoms with E-state index in [2.05, 4.69) is 4.72 Å². The molecule has 1 unspecified atom stereocenters. The number of likely N-dealkylation sites (tertiary alicyclic amines) is 1. The van der Waals surface area contributed by atoms with Gasteiger partial charge < -0.3 is 15.7 Å². The standard InChI is InChI=1S/C13H24N4O5S/c1-16-9-6-13(12(16)20)5-2-3-8-17(13)23(21,22)15-7-4-10(14)11(18)19/h10,15H,2-9,14H2,1H3,(H,18,19)/t10-,13?/m0/s1. The molecule has 0 aromatic heterocycles. The molecule has 2 fully saturated rings. The lowest BCUT2D eigenvalue weighted by molar-refractivity contribution is -0.138. The van der Waals surface area contributed by atoms with E-state index in [-0.39, 0.29) is 18.9 Å². The summed E-state index contributed by atoms with van der Waals surface area (Å²) in [5, 5.41) is 8.73. The molecule has 2 heterocycles. The van der Waals surface area contributed by atoms with Gasteiger partial charge in [-0.15, -0.1) is 0 Å². The van der Waals surface area contributed by atoms with E-state index in [4.69, 9.17) is 10.8 Å². The molecule has 1 spiro atoms. The highest BCUT2D eigenvalue weighted by Gasteiger charge is 2.54. The minimum atomic E-state index is -3.87. The van der Waals surface area contributed by atoms with Crippen LogP contribution in [0.25, 0.3) is 0 Å². The van der Waals surface area contributed by atoms with Crippen molar-refractivity contribution in [2.45, 2.75) is 43.7 Å². The summed E-state index contributed by atoms with van der Waals surface area (Å²) < 4.78 is 28.9. The normalized spacial score (nSPS) is 27.6. The molecule has 9 nitrogen and oxygen atoms in total. The molecule has 0 saturated carbocycles. The Labute approximate surface area is 136 Å². The summed E-state index contributed by atoms with van der Waals surface area (Å²) >= 11 is 0. The van der Waals surface area contributed by atoms with Crippen molar-refractivity contribution in [1.29, 1.82) is 0 Å². The number of hydrogen-bond donors (Lipinski definition) is 3. The number of rotatable bonds is 6. The van der Waals surface area contributed by atoms with Crippen molar-refractivity contribution in [2.24, 2.45) is 5.73 Å². The summed E-state index contributed by atoms with van der Waals surface area (Å²) in [7, 11) is -2.19. The zero-order valence-corrected chi connectivity index (χ0v) is 14.0. The molecule has 2 rings (SSSR count). The number of nitrogens with zero attached hydrogens (tertiary/aromatic N) is 2. The number of piperidine rings is 1. The van der Waals surface area contributed by atoms with Crippen LogP contribution in [0.4, 0.5) is 0 Å². The topological polar surface area (TPSA) is 133 Å². The van der Waals surface area contributed by atoms with Gasteiger partial charge in [0.05, 0.1) is 0 Å². The average molecular weight is 348 g/mol. The van der Waals surface area contributed by atoms with Gasteiger partial charge in [0.1, 0.15) is 11.6 Å². The van der Waals surface area contributed by atoms with Crippen molar-refractivity contribution >= 4 is 22.1 Å². The third-order valence-corrected chi connectivity index (χ3v) is 6.31. The van der Waals surface area contributed by atoms with Gasteiger partial charge in [-0.1, -0.05) is 0 Å². The molecule has 10 heteroatoms. The Morgan fingerprint density at radius 2 is 2.09 bits per heavy atom. The Kier molecular flexibility index (Phi) is 5.29. The number of hydrogen-bond acceptors (Lipinski definition) is 5. The van der Waals surface area contributed by atoms with E-state index in [1.165, 1.54) is 4.31 Å². The van der Waals surface area contributed by atoms with Crippen molar-refractivity contribution in [2.75, 3.05) is 26.7 Å². The molecule has 0 aliphatic carbocycles. The molecule has 0 aromatic carbocycles. The lowest BCUT2D eigenvalue weighted by Gasteiger charge is -2.41. The lowest BCUT2D eigenvalue weighted by Crippen LogP contribution is -2.61. The Hall–Kier alpha value is -1.23. The van der Waals surface area contributed by atoms with Crippen LogP contribution in [0.2, 0.25) is 0 Å². The Morgan fingerprint density at radius 1 is 1.39 bits per heavy atom. The Balaban J connectivity index is 2.10. The molecule has 0 radical (unpaired) electrons. The van der Waals surface area contributed by atoms with Crippen molar-refractivity contribution in [3.8, 4) is 0 Å². The highest BCUT2D eigenvalue weighted by Crippen LogP contribution is 2.38. The van der Waals surface area contributed by atoms with Gasteiger partial charge in [0.2, 0.25) is 5.91 Å². The third-order valence-electron chi connectivity index (χ3n) is 4.63. The molecule has 4 N–H and O–H groups in total. The van der Waals surface area contributed by atoms with Gasteiger partial charge in [0.25, 0.3) is 10.2 Å². The van der Waals surface area contributed by atoms with E-state index in [0.29, 0.717) is 32.4 Å². The number of carbonyl (C=O) groups excluding carboxylic acids is 1. The maximum absolute atomic E-state index is 12.6. The van der Waals surface area contributed by atoms with Crippen LogP contribution in [0, 0.1) is 0 Å². The van der Waals surface area contributed by atoms with Crippen LogP contribution in [0.1, 0.15) is 32.1 Å². The van der Waals surface area contributed by atoms with Gasteiger partial charge in [-0.25, -0.2) is 4.72 Å². The van der Waals surface area contributed by atoms with Crippen LogP contribution in [-0.4, -0.2) is 72.9 Å². The second kappa shape index (κ2) is 6.71. The largest absolute Gasteiger partial charge is 0.480 e. The first kappa shape index (κ1) is 18.1. The minimum absolute atomic E-state index is 0.0107. The lowest BCUT2D eigenvalue weighted by atomic mass is 9.87. The van der Waals surface area contributed by atoms with Crippen LogP contribution < -0.4 is 10.5 Å². The molecule has 2 aliphatic rings. The molecule has 132 valence electrons. The number of amides is 1. The fourth-order valence-electron chi connectivity index (χ4n) is 3.29. The maximum Gasteiger partial charge on any atom is 0.320 e. The average Bonchev–Trinajstić information content (AvgIpc) is 2.76. The van der Waals surface area contributed by atoms with Gasteiger partial charge in [0, 0.05) is 26.7 Å². The summed E-state index contributed by atoms with van der Waals surface area (Å²) in [6.07, 6.45) is 2.51. The second-order valence-corrected chi connectivity index (χ2v) is 7.85. The Morgan fingerprint density at radius 3 is 2.65 bits per heavy atom. The smallest absolute Gasteiger partial charge is 0.320 e. The van der Waals surface area contributed by atoms with Gasteiger partial charge >= 0.3 is 5.97 Å². The fraction of sp³-hybridized carbons (Fsp3) is 0.846. The summed E-state index contributed by atoms with van der Waals surface area (Å²) in [6.45, 7) is 0.751. The first-order chi connectivity index (χ1) is 10.7. The van der Waals surface area contributed by atoms with Crippen LogP contribution >= 0.6 is 0 Å². The van der Waals surface area contributed by atoms with E-state index in [1.807, 2.05) is 0 Å². The first-order valence-electron chi connectivity index (χ1n) is 7.72. The summed E-state index contributed by atoms with van der Waals surface area (Å²) in [6, 6.07) is -1.12. The number of carboxylic acids is 1. The van der Waals surface area contributed by atoms with E-state index >= 15 is 0 Å². The first-order valence-corrected chi connectivity index (χ1v) is 9.16. The van der Waals surface area contributed by atoms with E-state index in [1.54, 1.807) is 11.9 Å². The van der Waals surface area contributed by atoms with Gasteiger partial charge in [-0.3, -0.25) is 9.59 Å². The maximum atomic E-state index is 12.6. The molecule has 0 aromatic rings. The van der Waals surface area contributed by atoms with Crippen LogP contribution in [0.15, 0.2) is 0 Å². The molecule has 2 atom stereocenters. The highest BCUT2D eigenvalue weighted by atomic mass is 32.2. The summed E-state index contributed by atoms with van der Waals surface area (Å²) in [4.78, 5) is 24.7. The van der Waals surface area contributed by atoms with Gasteiger partial charge in [0.15, 0.2) is 0 Å². The van der Waals surface area contributed by atoms with Gasteiger partial charge in [-0.05, 0) is 32.1 Å². The molecule has 2 saturated heterocycles. The number of likely N-dealkylation sites (N-methyl/N-ethyl adjacent to an activating group) is 1. The predicted octanol–water partition coefficient (Wildman–Crippen LogP) is -1.29. The second-order valence-electron chi connectivity index (χ2n) is 6.17. The van der Waals surface area contributed by atoms with Crippen molar-refractivity contribution < 1.29 is 23.1 Å². The number of carbonyl (C=O) groups is 2. The van der Waals surface area contributed by atoms with E-state index in [0.717, 1.165) is 6.42 Å². The quantitative estimate of drug-likeness (QED) is 0.547. The molecule has 2 aliphatic heterocycles. The minimum Gasteiger partial charge on any atom is -0.480 e. The summed E-state index contributed by atoms with van der Waals surface area (Å²) in [5.74, 6) is -1.34. The van der Waals surface area contributed by atoms with Crippen LogP contribution in [0.5, 0.6) is 0 Å². The monoisotopic (exact) mass is 348 g/mol. The Bertz CT molecular complexity index is 577. The number of carboxylic acid groups (broad SMARTS) is 1. The number of nitrogens with one attached hydrogen (secondary N) is 1. The third kappa shape index (κ3) is 3.49. The van der Waals surface area contributed by atoms with E-state index in [9.17, 15) is 18.0 Å². The van der Waals surface area contributed by atoms with Crippen molar-refractivity contribution in [3.05, 3.63) is 0 Å².